The van der Waals surface area contributed by atoms with Crippen molar-refractivity contribution in [2.45, 2.75) is 57.6 Å². The van der Waals surface area contributed by atoms with Crippen LogP contribution in [0.25, 0.3) is 11.0 Å². The maximum Gasteiger partial charge on any atom is 0.506 e. The number of ether oxygens (including phenoxy) is 2. The second-order valence-electron chi connectivity index (χ2n) is 9.91. The van der Waals surface area contributed by atoms with Crippen molar-refractivity contribution in [2.75, 3.05) is 33.3 Å². The number of methoxy groups -OCH3 is 1. The highest BCUT2D eigenvalue weighted by Crippen LogP contribution is 2.43. The molecule has 2 heterocycles. The van der Waals surface area contributed by atoms with Gasteiger partial charge in [-0.2, -0.15) is 0 Å². The maximum absolute atomic E-state index is 13.6. The molecule has 38 heavy (non-hydrogen) atoms. The lowest BCUT2D eigenvalue weighted by Crippen LogP contribution is -2.42. The first kappa shape index (κ1) is 27.5. The Kier molecular flexibility index (Phi) is 9.29. The second kappa shape index (κ2) is 12.8. The van der Waals surface area contributed by atoms with Crippen molar-refractivity contribution >= 4 is 23.0 Å². The Hall–Kier alpha value is -3.52. The van der Waals surface area contributed by atoms with Crippen molar-refractivity contribution in [1.82, 2.24) is 9.80 Å². The Morgan fingerprint density at radius 3 is 2.34 bits per heavy atom. The molecule has 1 N–H and O–H groups in total. The van der Waals surface area contributed by atoms with Gasteiger partial charge < -0.3 is 23.9 Å². The number of carbonyl (C=O) groups excluding carboxylic acids is 1. The highest BCUT2D eigenvalue weighted by molar-refractivity contribution is 5.79. The van der Waals surface area contributed by atoms with Gasteiger partial charge in [-0.15, -0.1) is 0 Å². The Labute approximate surface area is 224 Å². The summed E-state index contributed by atoms with van der Waals surface area (Å²) in [6, 6.07) is 14.9. The molecule has 0 radical (unpaired) electrons. The quantitative estimate of drug-likeness (QED) is 0.288. The molecule has 3 aromatic rings. The van der Waals surface area contributed by atoms with Gasteiger partial charge in [-0.3, -0.25) is 9.69 Å². The summed E-state index contributed by atoms with van der Waals surface area (Å²) >= 11 is 0. The van der Waals surface area contributed by atoms with Gasteiger partial charge in [0.1, 0.15) is 17.4 Å². The van der Waals surface area contributed by atoms with Gasteiger partial charge in [-0.1, -0.05) is 51.0 Å². The average Bonchev–Trinajstić information content (AvgIpc) is 3.52. The molecule has 3 atom stereocenters. The molecule has 0 spiro atoms. The van der Waals surface area contributed by atoms with Crippen LogP contribution in [0, 0.1) is 0 Å². The molecular formula is C30H38N2O6. The predicted molar refractivity (Wildman–Crippen MR) is 146 cm³/mol. The SMILES string of the molecule is CCCCN(CCCC)C(=O)CN1C[C@H](c2ccc3ccoc3c2)[C@H](OC(=O)O)[C@H]1c1ccc(OC)cc1. The topological polar surface area (TPSA) is 92.5 Å². The summed E-state index contributed by atoms with van der Waals surface area (Å²) in [4.78, 5) is 29.5. The number of nitrogens with zero attached hydrogens (tertiary/aromatic N) is 2. The number of unbranched alkanes of at least 4 members (excludes halogenated alkanes) is 2. The van der Waals surface area contributed by atoms with E-state index in [0.717, 1.165) is 60.9 Å². The summed E-state index contributed by atoms with van der Waals surface area (Å²) in [6.45, 7) is 6.35. The number of hydrogen-bond donors (Lipinski definition) is 1. The third kappa shape index (κ3) is 6.30. The first-order chi connectivity index (χ1) is 18.4. The van der Waals surface area contributed by atoms with E-state index in [4.69, 9.17) is 13.9 Å². The van der Waals surface area contributed by atoms with E-state index in [2.05, 4.69) is 18.7 Å². The highest BCUT2D eigenvalue weighted by atomic mass is 16.7. The van der Waals surface area contributed by atoms with Gasteiger partial charge >= 0.3 is 6.16 Å². The molecule has 0 aliphatic carbocycles. The number of furan rings is 1. The van der Waals surface area contributed by atoms with E-state index in [1.165, 1.54) is 0 Å². The van der Waals surface area contributed by atoms with E-state index in [9.17, 15) is 14.7 Å². The zero-order valence-electron chi connectivity index (χ0n) is 22.5. The van der Waals surface area contributed by atoms with Crippen molar-refractivity contribution in [2.24, 2.45) is 0 Å². The van der Waals surface area contributed by atoms with Crippen LogP contribution >= 0.6 is 0 Å². The van der Waals surface area contributed by atoms with Gasteiger partial charge in [0, 0.05) is 30.9 Å². The molecule has 204 valence electrons. The molecule has 2 aromatic carbocycles. The molecule has 1 amide bonds. The second-order valence-corrected chi connectivity index (χ2v) is 9.91. The van der Waals surface area contributed by atoms with E-state index >= 15 is 0 Å². The average molecular weight is 523 g/mol. The molecule has 1 aromatic heterocycles. The molecule has 1 aliphatic heterocycles. The van der Waals surface area contributed by atoms with Crippen LogP contribution in [-0.4, -0.2) is 66.4 Å². The third-order valence-corrected chi connectivity index (χ3v) is 7.39. The van der Waals surface area contributed by atoms with E-state index in [1.54, 1.807) is 13.4 Å². The van der Waals surface area contributed by atoms with E-state index in [0.29, 0.717) is 12.3 Å². The number of hydrogen-bond acceptors (Lipinski definition) is 6. The fraction of sp³-hybridized carbons (Fsp3) is 0.467. The number of likely N-dealkylation sites (tertiary alicyclic amines) is 1. The monoisotopic (exact) mass is 522 g/mol. The minimum Gasteiger partial charge on any atom is -0.497 e. The zero-order chi connectivity index (χ0) is 27.1. The van der Waals surface area contributed by atoms with Gasteiger partial charge in [-0.05, 0) is 48.2 Å². The van der Waals surface area contributed by atoms with Crippen LogP contribution in [0.1, 0.15) is 62.6 Å². The summed E-state index contributed by atoms with van der Waals surface area (Å²) in [5.74, 6) is 0.483. The van der Waals surface area contributed by atoms with Crippen LogP contribution in [0.5, 0.6) is 5.75 Å². The Balaban J connectivity index is 1.70. The summed E-state index contributed by atoms with van der Waals surface area (Å²) in [7, 11) is 1.61. The van der Waals surface area contributed by atoms with Crippen LogP contribution in [-0.2, 0) is 9.53 Å². The summed E-state index contributed by atoms with van der Waals surface area (Å²) in [5.41, 5.74) is 2.53. The molecule has 0 saturated carbocycles. The number of carboxylic acid groups (broad SMARTS) is 1. The zero-order valence-corrected chi connectivity index (χ0v) is 22.5. The normalized spacial score (nSPS) is 19.5. The van der Waals surface area contributed by atoms with Crippen LogP contribution in [0.2, 0.25) is 0 Å². The lowest BCUT2D eigenvalue weighted by molar-refractivity contribution is -0.133. The van der Waals surface area contributed by atoms with Gasteiger partial charge in [0.05, 0.1) is 26.0 Å². The lowest BCUT2D eigenvalue weighted by Gasteiger charge is -2.30. The van der Waals surface area contributed by atoms with Crippen LogP contribution in [0.3, 0.4) is 0 Å². The standard InChI is InChI=1S/C30H38N2O6/c1-4-6-15-31(16-7-5-2)27(33)20-32-19-25(23-9-8-21-14-17-37-26(21)18-23)29(38-30(34)35)28(32)22-10-12-24(36-3)13-11-22/h8-14,17-18,25,28-29H,4-7,15-16,19-20H2,1-3H3,(H,34,35)/t25-,28-,29+/m1/s1. The Morgan fingerprint density at radius 2 is 1.71 bits per heavy atom. The fourth-order valence-electron chi connectivity index (χ4n) is 5.36. The minimum absolute atomic E-state index is 0.0571. The highest BCUT2D eigenvalue weighted by Gasteiger charge is 2.46. The number of rotatable bonds is 12. The number of benzene rings is 2. The van der Waals surface area contributed by atoms with Gasteiger partial charge in [0.25, 0.3) is 0 Å². The van der Waals surface area contributed by atoms with Gasteiger partial charge in [0.2, 0.25) is 5.91 Å². The molecule has 1 aliphatic rings. The maximum atomic E-state index is 13.6. The predicted octanol–water partition coefficient (Wildman–Crippen LogP) is 6.07. The smallest absolute Gasteiger partial charge is 0.497 e. The molecule has 8 nitrogen and oxygen atoms in total. The molecule has 0 bridgehead atoms. The van der Waals surface area contributed by atoms with Crippen LogP contribution < -0.4 is 4.74 Å². The van der Waals surface area contributed by atoms with Gasteiger partial charge in [-0.25, -0.2) is 4.79 Å². The molecule has 0 unspecified atom stereocenters. The third-order valence-electron chi connectivity index (χ3n) is 7.39. The molecule has 4 rings (SSSR count). The van der Waals surface area contributed by atoms with Crippen molar-refractivity contribution in [3.8, 4) is 5.75 Å². The van der Waals surface area contributed by atoms with E-state index < -0.39 is 18.3 Å². The van der Waals surface area contributed by atoms with Crippen molar-refractivity contribution in [1.29, 1.82) is 0 Å². The largest absolute Gasteiger partial charge is 0.506 e. The number of amides is 1. The Bertz CT molecular complexity index is 1200. The van der Waals surface area contributed by atoms with Gasteiger partial charge in [0.15, 0.2) is 0 Å². The molecular weight excluding hydrogens is 484 g/mol. The van der Waals surface area contributed by atoms with E-state index in [1.807, 2.05) is 53.4 Å². The number of fused-ring (bicyclic) bond motifs is 1. The van der Waals surface area contributed by atoms with Crippen molar-refractivity contribution in [3.05, 3.63) is 65.9 Å². The number of carbonyl (C=O) groups is 2. The van der Waals surface area contributed by atoms with Crippen molar-refractivity contribution in [3.63, 3.8) is 0 Å². The summed E-state index contributed by atoms with van der Waals surface area (Å²) < 4.78 is 16.5. The molecule has 1 fully saturated rings. The van der Waals surface area contributed by atoms with Crippen molar-refractivity contribution < 1.29 is 28.6 Å². The Morgan fingerprint density at radius 1 is 1.03 bits per heavy atom. The fourth-order valence-corrected chi connectivity index (χ4v) is 5.36. The molecule has 1 saturated heterocycles. The van der Waals surface area contributed by atoms with Crippen LogP contribution in [0.4, 0.5) is 4.79 Å². The lowest BCUT2D eigenvalue weighted by atomic mass is 9.90. The first-order valence-corrected chi connectivity index (χ1v) is 13.5. The van der Waals surface area contributed by atoms with Crippen LogP contribution in [0.15, 0.2) is 59.2 Å². The first-order valence-electron chi connectivity index (χ1n) is 13.5. The van der Waals surface area contributed by atoms with E-state index in [-0.39, 0.29) is 18.4 Å². The molecule has 8 heteroatoms. The minimum atomic E-state index is -1.33. The summed E-state index contributed by atoms with van der Waals surface area (Å²) in [5, 5.41) is 10.7. The summed E-state index contributed by atoms with van der Waals surface area (Å²) in [6.07, 6.45) is 3.53.